The van der Waals surface area contributed by atoms with Gasteiger partial charge in [-0.3, -0.25) is 0 Å². The van der Waals surface area contributed by atoms with Crippen molar-refractivity contribution in [1.29, 1.82) is 5.26 Å². The first-order valence-corrected chi connectivity index (χ1v) is 8.46. The molecular weight excluding hydrogens is 250 g/mol. The van der Waals surface area contributed by atoms with Crippen molar-refractivity contribution in [3.8, 4) is 6.07 Å². The highest BCUT2D eigenvalue weighted by molar-refractivity contribution is 4.88. The predicted octanol–water partition coefficient (Wildman–Crippen LogP) is 4.28. The number of hydrogen-bond donors (Lipinski definition) is 0. The van der Waals surface area contributed by atoms with Crippen LogP contribution < -0.4 is 0 Å². The fourth-order valence-electron chi connectivity index (χ4n) is 3.38. The molecule has 0 radical (unpaired) electrons. The second-order valence-corrected chi connectivity index (χ2v) is 6.49. The van der Waals surface area contributed by atoms with Gasteiger partial charge in [0.2, 0.25) is 0 Å². The third kappa shape index (κ3) is 4.75. The van der Waals surface area contributed by atoms with Crippen molar-refractivity contribution < 1.29 is 9.47 Å². The van der Waals surface area contributed by atoms with Crippen molar-refractivity contribution in [3.05, 3.63) is 0 Å². The highest BCUT2D eigenvalue weighted by Crippen LogP contribution is 2.34. The molecule has 0 spiro atoms. The zero-order valence-corrected chi connectivity index (χ0v) is 12.9. The van der Waals surface area contributed by atoms with E-state index >= 15 is 0 Å². The SMILES string of the molecule is CCCCCC[C@H]1CO[C@H](C2CCC(C#N)CC2)OC1. The lowest BCUT2D eigenvalue weighted by molar-refractivity contribution is -0.229. The molecule has 2 fully saturated rings. The van der Waals surface area contributed by atoms with Gasteiger partial charge in [0, 0.05) is 17.8 Å². The van der Waals surface area contributed by atoms with Crippen LogP contribution in [0.4, 0.5) is 0 Å². The van der Waals surface area contributed by atoms with E-state index in [-0.39, 0.29) is 12.2 Å². The van der Waals surface area contributed by atoms with Gasteiger partial charge in [-0.2, -0.15) is 5.26 Å². The zero-order chi connectivity index (χ0) is 14.2. The molecule has 0 unspecified atom stereocenters. The van der Waals surface area contributed by atoms with Crippen molar-refractivity contribution in [2.75, 3.05) is 13.2 Å². The molecule has 0 N–H and O–H groups in total. The highest BCUT2D eigenvalue weighted by atomic mass is 16.7. The summed E-state index contributed by atoms with van der Waals surface area (Å²) in [5, 5.41) is 8.93. The summed E-state index contributed by atoms with van der Waals surface area (Å²) >= 11 is 0. The molecule has 1 saturated heterocycles. The Balaban J connectivity index is 1.61. The van der Waals surface area contributed by atoms with Gasteiger partial charge >= 0.3 is 0 Å². The summed E-state index contributed by atoms with van der Waals surface area (Å²) < 4.78 is 11.9. The standard InChI is InChI=1S/C17H29NO2/c1-2-3-4-5-6-15-12-19-17(20-13-15)16-9-7-14(11-18)8-10-16/h14-17H,2-10,12-13H2,1H3/t14?,15-,16?,17-. The average molecular weight is 279 g/mol. The fraction of sp³-hybridized carbons (Fsp3) is 0.941. The van der Waals surface area contributed by atoms with Gasteiger partial charge in [-0.1, -0.05) is 32.6 Å². The van der Waals surface area contributed by atoms with E-state index in [1.165, 1.54) is 32.1 Å². The van der Waals surface area contributed by atoms with Gasteiger partial charge < -0.3 is 9.47 Å². The third-order valence-corrected chi connectivity index (χ3v) is 4.80. The van der Waals surface area contributed by atoms with E-state index in [4.69, 9.17) is 14.7 Å². The summed E-state index contributed by atoms with van der Waals surface area (Å²) in [4.78, 5) is 0. The van der Waals surface area contributed by atoms with Crippen LogP contribution in [0.2, 0.25) is 0 Å². The quantitative estimate of drug-likeness (QED) is 0.682. The normalized spacial score (nSPS) is 34.6. The Kier molecular flexibility index (Phi) is 6.82. The van der Waals surface area contributed by atoms with E-state index in [0.717, 1.165) is 38.9 Å². The van der Waals surface area contributed by atoms with E-state index in [0.29, 0.717) is 11.8 Å². The number of hydrogen-bond acceptors (Lipinski definition) is 3. The van der Waals surface area contributed by atoms with Gasteiger partial charge in [0.1, 0.15) is 0 Å². The van der Waals surface area contributed by atoms with Crippen LogP contribution in [0.3, 0.4) is 0 Å². The number of unbranched alkanes of at least 4 members (excludes halogenated alkanes) is 3. The van der Waals surface area contributed by atoms with Crippen molar-refractivity contribution in [2.24, 2.45) is 17.8 Å². The Morgan fingerprint density at radius 2 is 1.70 bits per heavy atom. The molecule has 114 valence electrons. The van der Waals surface area contributed by atoms with Crippen molar-refractivity contribution in [2.45, 2.75) is 71.0 Å². The lowest BCUT2D eigenvalue weighted by atomic mass is 9.82. The van der Waals surface area contributed by atoms with Crippen LogP contribution in [0.5, 0.6) is 0 Å². The minimum Gasteiger partial charge on any atom is -0.352 e. The molecule has 1 saturated carbocycles. The smallest absolute Gasteiger partial charge is 0.160 e. The fourth-order valence-corrected chi connectivity index (χ4v) is 3.38. The molecule has 0 aromatic carbocycles. The predicted molar refractivity (Wildman–Crippen MR) is 79.0 cm³/mol. The monoisotopic (exact) mass is 279 g/mol. The molecule has 0 bridgehead atoms. The summed E-state index contributed by atoms with van der Waals surface area (Å²) in [6, 6.07) is 2.39. The number of nitrogens with zero attached hydrogens (tertiary/aromatic N) is 1. The van der Waals surface area contributed by atoms with E-state index in [1.807, 2.05) is 0 Å². The first kappa shape index (κ1) is 15.8. The first-order chi connectivity index (χ1) is 9.83. The maximum atomic E-state index is 8.93. The zero-order valence-electron chi connectivity index (χ0n) is 12.9. The van der Waals surface area contributed by atoms with Gasteiger partial charge in [0.05, 0.1) is 19.3 Å². The molecule has 0 amide bonds. The Morgan fingerprint density at radius 3 is 2.30 bits per heavy atom. The molecule has 3 nitrogen and oxygen atoms in total. The summed E-state index contributed by atoms with van der Waals surface area (Å²) in [5.74, 6) is 1.38. The van der Waals surface area contributed by atoms with Crippen LogP contribution in [0.15, 0.2) is 0 Å². The van der Waals surface area contributed by atoms with Crippen LogP contribution in [0.25, 0.3) is 0 Å². The minimum atomic E-state index is 0.00142. The van der Waals surface area contributed by atoms with Crippen molar-refractivity contribution in [3.63, 3.8) is 0 Å². The maximum Gasteiger partial charge on any atom is 0.160 e. The summed E-state index contributed by atoms with van der Waals surface area (Å²) in [6.45, 7) is 3.99. The van der Waals surface area contributed by atoms with Crippen LogP contribution in [0.1, 0.15) is 64.7 Å². The summed E-state index contributed by atoms with van der Waals surface area (Å²) in [5.41, 5.74) is 0. The molecule has 2 rings (SSSR count). The van der Waals surface area contributed by atoms with Crippen molar-refractivity contribution >= 4 is 0 Å². The summed E-state index contributed by atoms with van der Waals surface area (Å²) in [7, 11) is 0. The van der Waals surface area contributed by atoms with E-state index in [2.05, 4.69) is 13.0 Å². The van der Waals surface area contributed by atoms with Crippen LogP contribution in [-0.2, 0) is 9.47 Å². The van der Waals surface area contributed by atoms with Gasteiger partial charge in [-0.05, 0) is 32.1 Å². The van der Waals surface area contributed by atoms with Gasteiger partial charge in [0.25, 0.3) is 0 Å². The Bertz CT molecular complexity index is 297. The topological polar surface area (TPSA) is 42.2 Å². The average Bonchev–Trinajstić information content (AvgIpc) is 2.52. The molecule has 1 heterocycles. The lowest BCUT2D eigenvalue weighted by Gasteiger charge is -2.36. The molecule has 0 atom stereocenters. The molecule has 3 heteroatoms. The van der Waals surface area contributed by atoms with Crippen LogP contribution in [0, 0.1) is 29.1 Å². The van der Waals surface area contributed by atoms with E-state index in [1.54, 1.807) is 0 Å². The second-order valence-electron chi connectivity index (χ2n) is 6.49. The maximum absolute atomic E-state index is 8.93. The van der Waals surface area contributed by atoms with Gasteiger partial charge in [-0.25, -0.2) is 0 Å². The third-order valence-electron chi connectivity index (χ3n) is 4.80. The first-order valence-electron chi connectivity index (χ1n) is 8.46. The van der Waals surface area contributed by atoms with Gasteiger partial charge in [-0.15, -0.1) is 0 Å². The molecule has 20 heavy (non-hydrogen) atoms. The molecule has 1 aliphatic carbocycles. The number of nitriles is 1. The highest BCUT2D eigenvalue weighted by Gasteiger charge is 2.32. The number of ether oxygens (including phenoxy) is 2. The van der Waals surface area contributed by atoms with Crippen molar-refractivity contribution in [1.82, 2.24) is 0 Å². The Hall–Kier alpha value is -0.590. The van der Waals surface area contributed by atoms with E-state index in [9.17, 15) is 0 Å². The van der Waals surface area contributed by atoms with Gasteiger partial charge in [0.15, 0.2) is 6.29 Å². The largest absolute Gasteiger partial charge is 0.352 e. The van der Waals surface area contributed by atoms with Crippen LogP contribution in [-0.4, -0.2) is 19.5 Å². The molecule has 0 aromatic heterocycles. The van der Waals surface area contributed by atoms with E-state index < -0.39 is 0 Å². The second kappa shape index (κ2) is 8.64. The molecule has 0 aromatic rings. The molecule has 2 aliphatic rings. The minimum absolute atomic E-state index is 0.00142. The molecule has 1 aliphatic heterocycles. The Labute approximate surface area is 123 Å². The lowest BCUT2D eigenvalue weighted by Crippen LogP contribution is -2.38. The van der Waals surface area contributed by atoms with Crippen LogP contribution >= 0.6 is 0 Å². The number of rotatable bonds is 6. The summed E-state index contributed by atoms with van der Waals surface area (Å²) in [6.07, 6.45) is 10.8. The molecular formula is C17H29NO2. The Morgan fingerprint density at radius 1 is 1.00 bits per heavy atom.